The smallest absolute Gasteiger partial charge is 0.274 e. The molecule has 2 aliphatic heterocycles. The van der Waals surface area contributed by atoms with Gasteiger partial charge in [-0.3, -0.25) is 9.78 Å². The Kier molecular flexibility index (Phi) is 4.53. The van der Waals surface area contributed by atoms with Crippen LogP contribution in [0.5, 0.6) is 5.75 Å². The molecule has 0 amide bonds. The first-order valence-corrected chi connectivity index (χ1v) is 11.2. The van der Waals surface area contributed by atoms with Crippen LogP contribution in [0.3, 0.4) is 0 Å². The number of hydrogen-bond acceptors (Lipinski definition) is 7. The Morgan fingerprint density at radius 1 is 1.12 bits per heavy atom. The molecule has 3 aromatic heterocycles. The third kappa shape index (κ3) is 3.38. The van der Waals surface area contributed by atoms with Crippen LogP contribution in [0.1, 0.15) is 23.7 Å². The van der Waals surface area contributed by atoms with Gasteiger partial charge in [-0.15, -0.1) is 5.10 Å². The molecule has 1 atom stereocenters. The van der Waals surface area contributed by atoms with E-state index in [0.29, 0.717) is 12.2 Å². The van der Waals surface area contributed by atoms with Crippen molar-refractivity contribution in [1.29, 1.82) is 0 Å². The lowest BCUT2D eigenvalue weighted by molar-refractivity contribution is 0.217. The Bertz CT molecular complexity index is 1430. The van der Waals surface area contributed by atoms with Crippen LogP contribution >= 0.6 is 0 Å². The Morgan fingerprint density at radius 2 is 2.00 bits per heavy atom. The van der Waals surface area contributed by atoms with Crippen LogP contribution in [0, 0.1) is 6.92 Å². The van der Waals surface area contributed by atoms with Crippen LogP contribution in [0.15, 0.2) is 59.7 Å². The number of hydrogen-bond donors (Lipinski definition) is 0. The maximum absolute atomic E-state index is 12.3. The first-order valence-electron chi connectivity index (χ1n) is 11.2. The summed E-state index contributed by atoms with van der Waals surface area (Å²) >= 11 is 0. The second-order valence-electron chi connectivity index (χ2n) is 8.68. The number of nitrogens with zero attached hydrogens (tertiary/aromatic N) is 6. The summed E-state index contributed by atoms with van der Waals surface area (Å²) in [5.41, 5.74) is 5.78. The van der Waals surface area contributed by atoms with Crippen molar-refractivity contribution >= 4 is 22.8 Å². The van der Waals surface area contributed by atoms with Crippen molar-refractivity contribution in [3.8, 4) is 5.75 Å². The molecule has 0 fully saturated rings. The van der Waals surface area contributed by atoms with Gasteiger partial charge in [-0.25, -0.2) is 4.98 Å². The quantitative estimate of drug-likeness (QED) is 0.474. The van der Waals surface area contributed by atoms with Crippen molar-refractivity contribution in [2.75, 3.05) is 22.9 Å². The molecule has 0 N–H and O–H groups in total. The van der Waals surface area contributed by atoms with E-state index in [-0.39, 0.29) is 11.7 Å². The molecular formula is C25H24N6O2. The van der Waals surface area contributed by atoms with Crippen LogP contribution < -0.4 is 20.1 Å². The second-order valence-corrected chi connectivity index (χ2v) is 8.68. The molecule has 1 aromatic carbocycles. The highest BCUT2D eigenvalue weighted by Crippen LogP contribution is 2.38. The van der Waals surface area contributed by atoms with E-state index in [1.807, 2.05) is 37.4 Å². The zero-order valence-corrected chi connectivity index (χ0v) is 18.6. The highest BCUT2D eigenvalue weighted by atomic mass is 16.5. The predicted octanol–water partition coefficient (Wildman–Crippen LogP) is 3.27. The van der Waals surface area contributed by atoms with E-state index >= 15 is 0 Å². The summed E-state index contributed by atoms with van der Waals surface area (Å²) in [5.74, 6) is 1.70. The van der Waals surface area contributed by atoms with Crippen LogP contribution in [-0.4, -0.2) is 38.8 Å². The maximum Gasteiger partial charge on any atom is 0.274 e. The number of fused-ring (bicyclic) bond motifs is 3. The van der Waals surface area contributed by atoms with E-state index in [9.17, 15) is 4.79 Å². The van der Waals surface area contributed by atoms with Gasteiger partial charge in [-0.05, 0) is 49.2 Å². The molecule has 0 bridgehead atoms. The number of para-hydroxylation sites is 2. The van der Waals surface area contributed by atoms with Gasteiger partial charge >= 0.3 is 0 Å². The minimum Gasteiger partial charge on any atom is -0.487 e. The van der Waals surface area contributed by atoms with Crippen molar-refractivity contribution in [2.24, 2.45) is 0 Å². The molecular weight excluding hydrogens is 416 g/mol. The Morgan fingerprint density at radius 3 is 2.91 bits per heavy atom. The molecule has 8 heteroatoms. The zero-order valence-electron chi connectivity index (χ0n) is 18.6. The van der Waals surface area contributed by atoms with Gasteiger partial charge in [0.1, 0.15) is 11.9 Å². The molecule has 1 unspecified atom stereocenters. The first kappa shape index (κ1) is 19.7. The minimum absolute atomic E-state index is 0.0869. The summed E-state index contributed by atoms with van der Waals surface area (Å²) < 4.78 is 7.39. The fraction of sp³-hybridized carbons (Fsp3) is 0.280. The topological polar surface area (TPSA) is 75.9 Å². The zero-order chi connectivity index (χ0) is 22.5. The Hall–Kier alpha value is -3.94. The number of anilines is 3. The highest BCUT2D eigenvalue weighted by Gasteiger charge is 2.26. The molecule has 6 rings (SSSR count). The summed E-state index contributed by atoms with van der Waals surface area (Å²) in [6.45, 7) is 6.35. The predicted molar refractivity (Wildman–Crippen MR) is 127 cm³/mol. The summed E-state index contributed by atoms with van der Waals surface area (Å²) in [6.07, 6.45) is 4.40. The standard InChI is InChI=1S/C25H24N6O2/c1-16-11-23-26-9-7-24(32)31(23)28-25(16)29-10-8-20-18(15-29)12-19(13-27-20)30-14-17(2)33-22-6-4-3-5-21(22)30/h3-7,9,11-13,17H,8,10,14-15H2,1-2H3. The van der Waals surface area contributed by atoms with Crippen molar-refractivity contribution in [2.45, 2.75) is 32.9 Å². The van der Waals surface area contributed by atoms with Gasteiger partial charge < -0.3 is 14.5 Å². The van der Waals surface area contributed by atoms with E-state index in [4.69, 9.17) is 9.72 Å². The molecule has 4 aromatic rings. The second kappa shape index (κ2) is 7.58. The van der Waals surface area contributed by atoms with E-state index in [1.54, 1.807) is 0 Å². The summed E-state index contributed by atoms with van der Waals surface area (Å²) in [6, 6.07) is 13.7. The molecule has 0 saturated heterocycles. The van der Waals surface area contributed by atoms with Gasteiger partial charge in [-0.1, -0.05) is 12.1 Å². The monoisotopic (exact) mass is 440 g/mol. The van der Waals surface area contributed by atoms with E-state index in [0.717, 1.165) is 53.7 Å². The van der Waals surface area contributed by atoms with Crippen LogP contribution in [0.2, 0.25) is 0 Å². The lowest BCUT2D eigenvalue weighted by Crippen LogP contribution is -2.36. The molecule has 0 radical (unpaired) electrons. The summed E-state index contributed by atoms with van der Waals surface area (Å²) in [7, 11) is 0. The van der Waals surface area contributed by atoms with Crippen LogP contribution in [-0.2, 0) is 13.0 Å². The number of pyridine rings is 1. The van der Waals surface area contributed by atoms with Crippen molar-refractivity contribution in [3.05, 3.63) is 82.0 Å². The largest absolute Gasteiger partial charge is 0.487 e. The number of ether oxygens (including phenoxy) is 1. The van der Waals surface area contributed by atoms with Crippen LogP contribution in [0.4, 0.5) is 17.2 Å². The van der Waals surface area contributed by atoms with Gasteiger partial charge in [0.15, 0.2) is 11.5 Å². The van der Waals surface area contributed by atoms with E-state index in [1.165, 1.54) is 22.3 Å². The maximum atomic E-state index is 12.3. The number of aromatic nitrogens is 4. The number of rotatable bonds is 2. The molecule has 166 valence electrons. The lowest BCUT2D eigenvalue weighted by Gasteiger charge is -2.36. The van der Waals surface area contributed by atoms with Gasteiger partial charge in [0.05, 0.1) is 24.1 Å². The SMILES string of the molecule is Cc1cc2nccc(=O)n2nc1N1CCc2ncc(N3CC(C)Oc4ccccc43)cc2C1. The fourth-order valence-corrected chi connectivity index (χ4v) is 4.73. The third-order valence-corrected chi connectivity index (χ3v) is 6.30. The molecule has 0 aliphatic carbocycles. The average Bonchev–Trinajstić information content (AvgIpc) is 2.82. The highest BCUT2D eigenvalue weighted by molar-refractivity contribution is 5.71. The van der Waals surface area contributed by atoms with Gasteiger partial charge in [-0.2, -0.15) is 4.52 Å². The van der Waals surface area contributed by atoms with Crippen molar-refractivity contribution in [3.63, 3.8) is 0 Å². The van der Waals surface area contributed by atoms with Gasteiger partial charge in [0, 0.05) is 37.5 Å². The minimum atomic E-state index is -0.178. The van der Waals surface area contributed by atoms with Crippen LogP contribution in [0.25, 0.3) is 5.65 Å². The summed E-state index contributed by atoms with van der Waals surface area (Å²) in [5, 5.41) is 4.64. The lowest BCUT2D eigenvalue weighted by atomic mass is 10.0. The van der Waals surface area contributed by atoms with Gasteiger partial charge in [0.2, 0.25) is 0 Å². The Balaban J connectivity index is 1.36. The van der Waals surface area contributed by atoms with Crippen molar-refractivity contribution in [1.82, 2.24) is 19.6 Å². The van der Waals surface area contributed by atoms with Gasteiger partial charge in [0.25, 0.3) is 5.56 Å². The molecule has 0 spiro atoms. The average molecular weight is 441 g/mol. The number of aryl methyl sites for hydroxylation is 1. The van der Waals surface area contributed by atoms with E-state index < -0.39 is 0 Å². The molecule has 33 heavy (non-hydrogen) atoms. The Labute approximate surface area is 191 Å². The molecule has 2 aliphatic rings. The van der Waals surface area contributed by atoms with E-state index in [2.05, 4.69) is 38.9 Å². The number of benzene rings is 1. The summed E-state index contributed by atoms with van der Waals surface area (Å²) in [4.78, 5) is 25.9. The molecule has 8 nitrogen and oxygen atoms in total. The third-order valence-electron chi connectivity index (χ3n) is 6.30. The fourth-order valence-electron chi connectivity index (χ4n) is 4.73. The normalized spacial score (nSPS) is 17.5. The molecule has 0 saturated carbocycles. The van der Waals surface area contributed by atoms with Crippen molar-refractivity contribution < 1.29 is 4.74 Å². The molecule has 5 heterocycles. The first-order chi connectivity index (χ1) is 16.1.